The van der Waals surface area contributed by atoms with E-state index in [1.54, 1.807) is 21.7 Å². The summed E-state index contributed by atoms with van der Waals surface area (Å²) in [5, 5.41) is 5.08. The Labute approximate surface area is 168 Å². The maximum Gasteiger partial charge on any atom is 0.293 e. The Balaban J connectivity index is 1.57. The standard InChI is InChI=1S/C21H21ClN4O2/c1-14-12-25(13-19(28-14)16-6-4-3-5-7-16)21(27)20-23-15(2)26(24-20)18-10-8-17(22)9-11-18/h3-11,14,19H,12-13H2,1-2H3. The summed E-state index contributed by atoms with van der Waals surface area (Å²) in [4.78, 5) is 19.2. The van der Waals surface area contributed by atoms with Gasteiger partial charge in [0.2, 0.25) is 5.82 Å². The molecule has 1 fully saturated rings. The molecule has 3 aromatic rings. The third-order valence-electron chi connectivity index (χ3n) is 4.75. The predicted octanol–water partition coefficient (Wildman–Crippen LogP) is 3.83. The van der Waals surface area contributed by atoms with Crippen LogP contribution in [0.1, 0.15) is 35.0 Å². The number of rotatable bonds is 3. The van der Waals surface area contributed by atoms with Crippen LogP contribution < -0.4 is 0 Å². The van der Waals surface area contributed by atoms with Gasteiger partial charge >= 0.3 is 0 Å². The fourth-order valence-corrected chi connectivity index (χ4v) is 3.54. The van der Waals surface area contributed by atoms with Crippen LogP contribution in [0.15, 0.2) is 54.6 Å². The highest BCUT2D eigenvalue weighted by Gasteiger charge is 2.31. The van der Waals surface area contributed by atoms with E-state index >= 15 is 0 Å². The van der Waals surface area contributed by atoms with Gasteiger partial charge in [-0.25, -0.2) is 9.67 Å². The van der Waals surface area contributed by atoms with Crippen molar-refractivity contribution in [3.05, 3.63) is 76.8 Å². The largest absolute Gasteiger partial charge is 0.367 e. The van der Waals surface area contributed by atoms with Gasteiger partial charge in [-0.1, -0.05) is 41.9 Å². The van der Waals surface area contributed by atoms with Crippen LogP contribution in [0.2, 0.25) is 5.02 Å². The van der Waals surface area contributed by atoms with Gasteiger partial charge in [-0.3, -0.25) is 4.79 Å². The molecule has 28 heavy (non-hydrogen) atoms. The van der Waals surface area contributed by atoms with Crippen LogP contribution in [-0.2, 0) is 4.74 Å². The molecule has 1 saturated heterocycles. The topological polar surface area (TPSA) is 60.3 Å². The van der Waals surface area contributed by atoms with E-state index in [1.165, 1.54) is 0 Å². The van der Waals surface area contributed by atoms with E-state index in [4.69, 9.17) is 16.3 Å². The lowest BCUT2D eigenvalue weighted by Crippen LogP contribution is -2.46. The number of hydrogen-bond acceptors (Lipinski definition) is 4. The summed E-state index contributed by atoms with van der Waals surface area (Å²) < 4.78 is 7.70. The molecule has 1 amide bonds. The normalized spacial score (nSPS) is 19.6. The van der Waals surface area contributed by atoms with Crippen molar-refractivity contribution in [3.63, 3.8) is 0 Å². The molecular weight excluding hydrogens is 376 g/mol. The van der Waals surface area contributed by atoms with Crippen LogP contribution in [-0.4, -0.2) is 44.8 Å². The second-order valence-corrected chi connectivity index (χ2v) is 7.36. The SMILES string of the molecule is Cc1nc(C(=O)N2CC(C)OC(c3ccccc3)C2)nn1-c1ccc(Cl)cc1. The van der Waals surface area contributed by atoms with Gasteiger partial charge in [0.15, 0.2) is 0 Å². The summed E-state index contributed by atoms with van der Waals surface area (Å²) in [6, 6.07) is 17.2. The van der Waals surface area contributed by atoms with Gasteiger partial charge in [0.1, 0.15) is 11.9 Å². The first-order valence-electron chi connectivity index (χ1n) is 9.20. The van der Waals surface area contributed by atoms with Crippen LogP contribution >= 0.6 is 11.6 Å². The number of hydrogen-bond donors (Lipinski definition) is 0. The molecule has 2 aromatic carbocycles. The lowest BCUT2D eigenvalue weighted by Gasteiger charge is -2.36. The Morgan fingerprint density at radius 3 is 2.54 bits per heavy atom. The molecular formula is C21H21ClN4O2. The molecule has 4 rings (SSSR count). The van der Waals surface area contributed by atoms with E-state index in [-0.39, 0.29) is 23.9 Å². The third kappa shape index (κ3) is 3.79. The molecule has 6 nitrogen and oxygen atoms in total. The summed E-state index contributed by atoms with van der Waals surface area (Å²) in [6.45, 7) is 4.78. The van der Waals surface area contributed by atoms with Crippen molar-refractivity contribution < 1.29 is 9.53 Å². The van der Waals surface area contributed by atoms with E-state index in [0.29, 0.717) is 23.9 Å². The zero-order valence-corrected chi connectivity index (χ0v) is 16.5. The summed E-state index contributed by atoms with van der Waals surface area (Å²) in [5.41, 5.74) is 1.87. The Morgan fingerprint density at radius 1 is 1.11 bits per heavy atom. The summed E-state index contributed by atoms with van der Waals surface area (Å²) in [6.07, 6.45) is -0.226. The number of amides is 1. The van der Waals surface area contributed by atoms with Gasteiger partial charge < -0.3 is 9.64 Å². The van der Waals surface area contributed by atoms with E-state index in [0.717, 1.165) is 11.3 Å². The minimum atomic E-state index is -0.188. The van der Waals surface area contributed by atoms with Crippen LogP contribution in [0.25, 0.3) is 5.69 Å². The minimum absolute atomic E-state index is 0.0673. The van der Waals surface area contributed by atoms with Crippen molar-refractivity contribution >= 4 is 17.5 Å². The van der Waals surface area contributed by atoms with Crippen LogP contribution in [0.4, 0.5) is 0 Å². The second-order valence-electron chi connectivity index (χ2n) is 6.93. The number of benzene rings is 2. The maximum absolute atomic E-state index is 13.1. The molecule has 0 N–H and O–H groups in total. The molecule has 0 bridgehead atoms. The number of aromatic nitrogens is 3. The summed E-state index contributed by atoms with van der Waals surface area (Å²) in [5.74, 6) is 0.645. The molecule has 1 aliphatic heterocycles. The Hall–Kier alpha value is -2.70. The lowest BCUT2D eigenvalue weighted by molar-refractivity contribution is -0.0694. The Bertz CT molecular complexity index is 972. The van der Waals surface area contributed by atoms with Gasteiger partial charge in [0, 0.05) is 11.6 Å². The number of halogens is 1. The first kappa shape index (κ1) is 18.7. The van der Waals surface area contributed by atoms with Gasteiger partial charge in [-0.05, 0) is 43.7 Å². The molecule has 0 saturated carbocycles. The maximum atomic E-state index is 13.1. The van der Waals surface area contributed by atoms with Crippen LogP contribution in [0, 0.1) is 6.92 Å². The zero-order chi connectivity index (χ0) is 19.7. The summed E-state index contributed by atoms with van der Waals surface area (Å²) >= 11 is 5.96. The number of morpholine rings is 1. The van der Waals surface area contributed by atoms with Gasteiger partial charge in [-0.2, -0.15) is 0 Å². The Morgan fingerprint density at radius 2 is 1.82 bits per heavy atom. The van der Waals surface area contributed by atoms with Gasteiger partial charge in [-0.15, -0.1) is 5.10 Å². The highest BCUT2D eigenvalue weighted by Crippen LogP contribution is 2.26. The van der Waals surface area contributed by atoms with E-state index in [2.05, 4.69) is 10.1 Å². The van der Waals surface area contributed by atoms with E-state index in [1.807, 2.05) is 56.3 Å². The highest BCUT2D eigenvalue weighted by molar-refractivity contribution is 6.30. The molecule has 0 radical (unpaired) electrons. The highest BCUT2D eigenvalue weighted by atomic mass is 35.5. The number of ether oxygens (including phenoxy) is 1. The minimum Gasteiger partial charge on any atom is -0.367 e. The number of aryl methyl sites for hydroxylation is 1. The molecule has 7 heteroatoms. The molecule has 1 aliphatic rings. The van der Waals surface area contributed by atoms with Crippen molar-refractivity contribution in [2.24, 2.45) is 0 Å². The van der Waals surface area contributed by atoms with Crippen molar-refractivity contribution in [2.75, 3.05) is 13.1 Å². The van der Waals surface area contributed by atoms with Crippen LogP contribution in [0.5, 0.6) is 0 Å². The average Bonchev–Trinajstić information content (AvgIpc) is 3.10. The number of carbonyl (C=O) groups is 1. The first-order chi connectivity index (χ1) is 13.5. The molecule has 144 valence electrons. The van der Waals surface area contributed by atoms with E-state index < -0.39 is 0 Å². The quantitative estimate of drug-likeness (QED) is 0.675. The van der Waals surface area contributed by atoms with E-state index in [9.17, 15) is 4.79 Å². The Kier molecular flexibility index (Phi) is 5.15. The fraction of sp³-hybridized carbons (Fsp3) is 0.286. The second kappa shape index (κ2) is 7.73. The van der Waals surface area contributed by atoms with Crippen molar-refractivity contribution in [3.8, 4) is 5.69 Å². The smallest absolute Gasteiger partial charge is 0.293 e. The monoisotopic (exact) mass is 396 g/mol. The lowest BCUT2D eigenvalue weighted by atomic mass is 10.1. The molecule has 2 unspecified atom stereocenters. The molecule has 2 heterocycles. The molecule has 1 aromatic heterocycles. The van der Waals surface area contributed by atoms with Crippen molar-refractivity contribution in [1.29, 1.82) is 0 Å². The zero-order valence-electron chi connectivity index (χ0n) is 15.7. The third-order valence-corrected chi connectivity index (χ3v) is 5.00. The number of carbonyl (C=O) groups excluding carboxylic acids is 1. The van der Waals surface area contributed by atoms with Crippen molar-refractivity contribution in [2.45, 2.75) is 26.1 Å². The molecule has 0 spiro atoms. The fourth-order valence-electron chi connectivity index (χ4n) is 3.42. The van der Waals surface area contributed by atoms with Gasteiger partial charge in [0.05, 0.1) is 18.3 Å². The van der Waals surface area contributed by atoms with Crippen molar-refractivity contribution in [1.82, 2.24) is 19.7 Å². The molecule has 2 atom stereocenters. The first-order valence-corrected chi connectivity index (χ1v) is 9.58. The molecule has 0 aliphatic carbocycles. The predicted molar refractivity (Wildman–Crippen MR) is 107 cm³/mol. The summed E-state index contributed by atoms with van der Waals surface area (Å²) in [7, 11) is 0. The average molecular weight is 397 g/mol. The van der Waals surface area contributed by atoms with Gasteiger partial charge in [0.25, 0.3) is 5.91 Å². The number of nitrogens with zero attached hydrogens (tertiary/aromatic N) is 4. The van der Waals surface area contributed by atoms with Crippen LogP contribution in [0.3, 0.4) is 0 Å².